The molecule has 3 rings (SSSR count). The molecule has 8 heteroatoms. The number of nitrogens with zero attached hydrogens (tertiary/aromatic N) is 2. The Morgan fingerprint density at radius 3 is 2.48 bits per heavy atom. The topological polar surface area (TPSA) is 60.9 Å². The van der Waals surface area contributed by atoms with Gasteiger partial charge in [-0.15, -0.1) is 11.3 Å². The highest BCUT2D eigenvalue weighted by Gasteiger charge is 2.33. The van der Waals surface area contributed by atoms with Gasteiger partial charge in [0.05, 0.1) is 10.4 Å². The van der Waals surface area contributed by atoms with Crippen molar-refractivity contribution < 1.29 is 13.5 Å². The van der Waals surface area contributed by atoms with Crippen LogP contribution in [0.3, 0.4) is 0 Å². The van der Waals surface area contributed by atoms with Crippen LogP contribution in [0.2, 0.25) is 0 Å². The maximum Gasteiger partial charge on any atom is 0.245 e. The van der Waals surface area contributed by atoms with Gasteiger partial charge in [-0.1, -0.05) is 0 Å². The lowest BCUT2D eigenvalue weighted by Crippen LogP contribution is -2.49. The zero-order valence-electron chi connectivity index (χ0n) is 11.7. The summed E-state index contributed by atoms with van der Waals surface area (Å²) in [4.78, 5) is 3.31. The summed E-state index contributed by atoms with van der Waals surface area (Å²) in [6.45, 7) is 3.70. The number of hydrogen-bond acceptors (Lipinski definition) is 5. The number of hydrogen-bond donors (Lipinski definition) is 1. The van der Waals surface area contributed by atoms with Crippen molar-refractivity contribution in [1.29, 1.82) is 0 Å². The monoisotopic (exact) mass is 394 g/mol. The Hall–Kier alpha value is 0.01000. The highest BCUT2D eigenvalue weighted by atomic mass is 79.9. The minimum absolute atomic E-state index is 0.131. The molecule has 2 aliphatic rings. The maximum atomic E-state index is 12.7. The van der Waals surface area contributed by atoms with E-state index in [1.807, 2.05) is 0 Å². The first-order valence-electron chi connectivity index (χ1n) is 7.12. The fourth-order valence-electron chi connectivity index (χ4n) is 2.61. The second-order valence-electron chi connectivity index (χ2n) is 5.66. The van der Waals surface area contributed by atoms with E-state index < -0.39 is 10.0 Å². The molecule has 2 heterocycles. The number of rotatable bonds is 5. The summed E-state index contributed by atoms with van der Waals surface area (Å²) in [6, 6.07) is 1.57. The van der Waals surface area contributed by atoms with Crippen LogP contribution in [0.15, 0.2) is 14.7 Å². The second kappa shape index (κ2) is 6.25. The van der Waals surface area contributed by atoms with Gasteiger partial charge in [0, 0.05) is 37.6 Å². The summed E-state index contributed by atoms with van der Waals surface area (Å²) in [5.74, 6) is 0.839. The van der Waals surface area contributed by atoms with Gasteiger partial charge in [0.1, 0.15) is 4.90 Å². The molecule has 0 unspecified atom stereocenters. The molecule has 1 N–H and O–H groups in total. The van der Waals surface area contributed by atoms with E-state index in [1.165, 1.54) is 24.2 Å². The van der Waals surface area contributed by atoms with Crippen molar-refractivity contribution in [3.8, 4) is 0 Å². The highest BCUT2D eigenvalue weighted by molar-refractivity contribution is 9.11. The summed E-state index contributed by atoms with van der Waals surface area (Å²) >= 11 is 4.58. The molecule has 2 fully saturated rings. The number of thiophene rings is 1. The molecule has 1 aliphatic heterocycles. The Labute approximate surface area is 137 Å². The van der Waals surface area contributed by atoms with Gasteiger partial charge in [-0.2, -0.15) is 4.31 Å². The fourth-order valence-corrected chi connectivity index (χ4v) is 6.52. The van der Waals surface area contributed by atoms with Crippen LogP contribution < -0.4 is 0 Å². The standard InChI is InChI=1S/C13H19BrN2O3S2/c14-13-12(7-11(9-17)20-13)21(18,19)16-5-3-15(4-6-16)8-10-1-2-10/h7,10,17H,1-6,8-9H2. The van der Waals surface area contributed by atoms with Crippen molar-refractivity contribution in [2.45, 2.75) is 24.3 Å². The molecule has 1 aromatic rings. The van der Waals surface area contributed by atoms with Gasteiger partial charge in [0.15, 0.2) is 0 Å². The Bertz CT molecular complexity index is 605. The summed E-state index contributed by atoms with van der Waals surface area (Å²) in [5, 5.41) is 9.15. The number of halogens is 1. The van der Waals surface area contributed by atoms with Crippen LogP contribution in [0.4, 0.5) is 0 Å². The van der Waals surface area contributed by atoms with Gasteiger partial charge in [-0.25, -0.2) is 8.42 Å². The highest BCUT2D eigenvalue weighted by Crippen LogP contribution is 2.34. The summed E-state index contributed by atoms with van der Waals surface area (Å²) in [6.07, 6.45) is 2.65. The fraction of sp³-hybridized carbons (Fsp3) is 0.692. The zero-order valence-corrected chi connectivity index (χ0v) is 14.9. The first-order chi connectivity index (χ1) is 10.0. The van der Waals surface area contributed by atoms with Gasteiger partial charge < -0.3 is 10.0 Å². The molecule has 0 spiro atoms. The lowest BCUT2D eigenvalue weighted by molar-refractivity contribution is 0.182. The normalized spacial score (nSPS) is 21.8. The minimum atomic E-state index is -3.46. The van der Waals surface area contributed by atoms with E-state index >= 15 is 0 Å². The molecular weight excluding hydrogens is 376 g/mol. The molecule has 1 saturated heterocycles. The molecule has 1 aromatic heterocycles. The summed E-state index contributed by atoms with van der Waals surface area (Å²) in [7, 11) is -3.46. The van der Waals surface area contributed by atoms with E-state index in [9.17, 15) is 8.42 Å². The van der Waals surface area contributed by atoms with E-state index in [1.54, 1.807) is 10.4 Å². The van der Waals surface area contributed by atoms with Crippen LogP contribution in [0.25, 0.3) is 0 Å². The van der Waals surface area contributed by atoms with Crippen LogP contribution in [-0.2, 0) is 16.6 Å². The van der Waals surface area contributed by atoms with Crippen molar-refractivity contribution in [2.24, 2.45) is 5.92 Å². The van der Waals surface area contributed by atoms with E-state index in [2.05, 4.69) is 20.8 Å². The summed E-state index contributed by atoms with van der Waals surface area (Å²) in [5.41, 5.74) is 0. The third kappa shape index (κ3) is 3.51. The molecule has 1 aliphatic carbocycles. The number of aliphatic hydroxyl groups excluding tert-OH is 1. The van der Waals surface area contributed by atoms with Crippen LogP contribution >= 0.6 is 27.3 Å². The van der Waals surface area contributed by atoms with Crippen molar-refractivity contribution in [3.05, 3.63) is 14.7 Å². The lowest BCUT2D eigenvalue weighted by Gasteiger charge is -2.33. The van der Waals surface area contributed by atoms with E-state index in [4.69, 9.17) is 5.11 Å². The Morgan fingerprint density at radius 1 is 1.29 bits per heavy atom. The minimum Gasteiger partial charge on any atom is -0.391 e. The first kappa shape index (κ1) is 15.9. The smallest absolute Gasteiger partial charge is 0.245 e. The van der Waals surface area contributed by atoms with Gasteiger partial charge in [0.2, 0.25) is 10.0 Å². The molecule has 0 atom stereocenters. The molecule has 0 bridgehead atoms. The average molecular weight is 395 g/mol. The van der Waals surface area contributed by atoms with Crippen molar-refractivity contribution in [3.63, 3.8) is 0 Å². The van der Waals surface area contributed by atoms with Crippen LogP contribution in [-0.4, -0.2) is 55.5 Å². The Kier molecular flexibility index (Phi) is 4.73. The van der Waals surface area contributed by atoms with Gasteiger partial charge in [-0.05, 0) is 40.8 Å². The van der Waals surface area contributed by atoms with Gasteiger partial charge in [-0.3, -0.25) is 0 Å². The number of piperazine rings is 1. The largest absolute Gasteiger partial charge is 0.391 e. The SMILES string of the molecule is O=S(=O)(c1cc(CO)sc1Br)N1CCN(CC2CC2)CC1. The van der Waals surface area contributed by atoms with Gasteiger partial charge in [0.25, 0.3) is 0 Å². The first-order valence-corrected chi connectivity index (χ1v) is 10.2. The molecule has 118 valence electrons. The number of sulfonamides is 1. The third-order valence-corrected chi connectivity index (χ3v) is 8.16. The van der Waals surface area contributed by atoms with Crippen molar-refractivity contribution >= 4 is 37.3 Å². The quantitative estimate of drug-likeness (QED) is 0.825. The predicted molar refractivity (Wildman–Crippen MR) is 85.9 cm³/mol. The molecule has 1 saturated carbocycles. The Morgan fingerprint density at radius 2 is 1.95 bits per heavy atom. The third-order valence-electron chi connectivity index (χ3n) is 4.02. The van der Waals surface area contributed by atoms with Crippen LogP contribution in [0.1, 0.15) is 17.7 Å². The predicted octanol–water partition coefficient (Wildman–Crippen LogP) is 1.72. The molecular formula is C13H19BrN2O3S2. The van der Waals surface area contributed by atoms with Crippen molar-refractivity contribution in [1.82, 2.24) is 9.21 Å². The molecule has 5 nitrogen and oxygen atoms in total. The molecule has 0 radical (unpaired) electrons. The lowest BCUT2D eigenvalue weighted by atomic mass is 10.3. The van der Waals surface area contributed by atoms with E-state index in [0.29, 0.717) is 21.8 Å². The second-order valence-corrected chi connectivity index (χ2v) is 10.0. The zero-order chi connectivity index (χ0) is 15.0. The number of aliphatic hydroxyl groups is 1. The van der Waals surface area contributed by atoms with Gasteiger partial charge >= 0.3 is 0 Å². The average Bonchev–Trinajstić information content (AvgIpc) is 3.19. The molecule has 0 aromatic carbocycles. The maximum absolute atomic E-state index is 12.7. The molecule has 0 amide bonds. The van der Waals surface area contributed by atoms with Crippen LogP contribution in [0, 0.1) is 5.92 Å². The van der Waals surface area contributed by atoms with E-state index in [0.717, 1.165) is 25.6 Å². The van der Waals surface area contributed by atoms with E-state index in [-0.39, 0.29) is 11.5 Å². The Balaban J connectivity index is 1.68. The molecule has 21 heavy (non-hydrogen) atoms. The van der Waals surface area contributed by atoms with Crippen molar-refractivity contribution in [2.75, 3.05) is 32.7 Å². The summed E-state index contributed by atoms with van der Waals surface area (Å²) < 4.78 is 27.5. The van der Waals surface area contributed by atoms with Crippen LogP contribution in [0.5, 0.6) is 0 Å².